The van der Waals surface area contributed by atoms with Crippen LogP contribution in [0.4, 0.5) is 0 Å². The number of hydrogen-bond donors (Lipinski definition) is 2. The molecule has 2 aromatic rings. The van der Waals surface area contributed by atoms with Crippen LogP contribution in [0.15, 0.2) is 58.7 Å². The lowest BCUT2D eigenvalue weighted by molar-refractivity contribution is -0.118. The Morgan fingerprint density at radius 1 is 1.17 bits per heavy atom. The molecule has 1 aliphatic rings. The molecule has 3 rings (SSSR count). The van der Waals surface area contributed by atoms with Gasteiger partial charge in [0.15, 0.2) is 5.17 Å². The van der Waals surface area contributed by atoms with Gasteiger partial charge >= 0.3 is 0 Å². The van der Waals surface area contributed by atoms with Gasteiger partial charge in [0.05, 0.1) is 11.5 Å². The standard InChI is InChI=1S/C18H17N3O2S/c1-12-2-4-13(5-3-12)10-16-17(23)20-18(24-16)21-19-11-14-6-8-15(22)9-7-14/h2-9,11,16,22H,10H2,1H3,(H,20,21,23)/b19-11-/t16-/m1/s1. The third-order valence-corrected chi connectivity index (χ3v) is 4.64. The summed E-state index contributed by atoms with van der Waals surface area (Å²) in [4.78, 5) is 12.0. The van der Waals surface area contributed by atoms with Crippen molar-refractivity contribution in [1.29, 1.82) is 0 Å². The minimum Gasteiger partial charge on any atom is -0.508 e. The molecule has 0 radical (unpaired) electrons. The van der Waals surface area contributed by atoms with Crippen LogP contribution in [-0.4, -0.2) is 27.6 Å². The summed E-state index contributed by atoms with van der Waals surface area (Å²) >= 11 is 1.39. The molecule has 1 fully saturated rings. The molecule has 0 unspecified atom stereocenters. The van der Waals surface area contributed by atoms with Gasteiger partial charge in [-0.1, -0.05) is 41.6 Å². The van der Waals surface area contributed by atoms with Crippen LogP contribution >= 0.6 is 11.8 Å². The van der Waals surface area contributed by atoms with E-state index in [1.807, 2.05) is 31.2 Å². The first-order valence-corrected chi connectivity index (χ1v) is 8.41. The maximum absolute atomic E-state index is 12.0. The molecule has 5 nitrogen and oxygen atoms in total. The van der Waals surface area contributed by atoms with E-state index in [1.54, 1.807) is 30.5 Å². The molecule has 2 aromatic carbocycles. The zero-order valence-electron chi connectivity index (χ0n) is 13.1. The summed E-state index contributed by atoms with van der Waals surface area (Å²) in [6.07, 6.45) is 2.24. The molecule has 6 heteroatoms. The van der Waals surface area contributed by atoms with Crippen LogP contribution in [0.5, 0.6) is 5.75 Å². The number of phenolic OH excluding ortho intramolecular Hbond substituents is 1. The van der Waals surface area contributed by atoms with E-state index >= 15 is 0 Å². The first-order chi connectivity index (χ1) is 11.6. The van der Waals surface area contributed by atoms with Crippen molar-refractivity contribution in [2.75, 3.05) is 0 Å². The molecule has 0 aliphatic carbocycles. The number of thioether (sulfide) groups is 1. The fraction of sp³-hybridized carbons (Fsp3) is 0.167. The molecule has 1 saturated heterocycles. The minimum atomic E-state index is -0.185. The first kappa shape index (κ1) is 16.3. The number of aromatic hydroxyl groups is 1. The number of hydrogen-bond acceptors (Lipinski definition) is 5. The lowest BCUT2D eigenvalue weighted by atomic mass is 10.1. The Labute approximate surface area is 144 Å². The quantitative estimate of drug-likeness (QED) is 0.664. The van der Waals surface area contributed by atoms with Gasteiger partial charge < -0.3 is 10.4 Å². The average molecular weight is 339 g/mol. The van der Waals surface area contributed by atoms with E-state index in [4.69, 9.17) is 0 Å². The number of nitrogens with one attached hydrogen (secondary N) is 1. The molecule has 24 heavy (non-hydrogen) atoms. The third-order valence-electron chi connectivity index (χ3n) is 3.57. The SMILES string of the molecule is Cc1ccc(C[C@H]2S/C(=N/N=C\c3ccc(O)cc3)NC2=O)cc1. The van der Waals surface area contributed by atoms with E-state index in [9.17, 15) is 9.90 Å². The van der Waals surface area contributed by atoms with E-state index in [0.717, 1.165) is 11.1 Å². The highest BCUT2D eigenvalue weighted by atomic mass is 32.2. The van der Waals surface area contributed by atoms with E-state index in [0.29, 0.717) is 11.6 Å². The Morgan fingerprint density at radius 3 is 2.58 bits per heavy atom. The summed E-state index contributed by atoms with van der Waals surface area (Å²) in [5, 5.41) is 20.3. The predicted octanol–water partition coefficient (Wildman–Crippen LogP) is 2.86. The van der Waals surface area contributed by atoms with Crippen molar-refractivity contribution >= 4 is 29.1 Å². The molecule has 1 aliphatic heterocycles. The third kappa shape index (κ3) is 4.23. The fourth-order valence-corrected chi connectivity index (χ4v) is 3.20. The van der Waals surface area contributed by atoms with Crippen LogP contribution in [0.3, 0.4) is 0 Å². The summed E-state index contributed by atoms with van der Waals surface area (Å²) < 4.78 is 0. The topological polar surface area (TPSA) is 74.1 Å². The normalized spacial score (nSPS) is 19.1. The zero-order chi connectivity index (χ0) is 16.9. The van der Waals surface area contributed by atoms with Crippen molar-refractivity contribution in [3.63, 3.8) is 0 Å². The lowest BCUT2D eigenvalue weighted by Crippen LogP contribution is -2.25. The highest BCUT2D eigenvalue weighted by molar-refractivity contribution is 8.15. The van der Waals surface area contributed by atoms with E-state index < -0.39 is 0 Å². The second kappa shape index (κ2) is 7.31. The Balaban J connectivity index is 1.61. The number of nitrogens with zero attached hydrogens (tertiary/aromatic N) is 2. The number of aryl methyl sites for hydroxylation is 1. The van der Waals surface area contributed by atoms with Crippen molar-refractivity contribution in [1.82, 2.24) is 5.32 Å². The maximum atomic E-state index is 12.0. The smallest absolute Gasteiger partial charge is 0.239 e. The number of rotatable bonds is 4. The number of carbonyl (C=O) groups excluding carboxylic acids is 1. The molecular formula is C18H17N3O2S. The van der Waals surface area contributed by atoms with Crippen LogP contribution in [0.25, 0.3) is 0 Å². The molecule has 122 valence electrons. The molecule has 0 aromatic heterocycles. The van der Waals surface area contributed by atoms with E-state index in [2.05, 4.69) is 15.5 Å². The van der Waals surface area contributed by atoms with Gasteiger partial charge in [-0.2, -0.15) is 5.10 Å². The molecule has 0 bridgehead atoms. The van der Waals surface area contributed by atoms with Gasteiger partial charge in [-0.15, -0.1) is 5.10 Å². The Hall–Kier alpha value is -2.60. The number of benzene rings is 2. The van der Waals surface area contributed by atoms with Crippen LogP contribution in [0.2, 0.25) is 0 Å². The van der Waals surface area contributed by atoms with Crippen LogP contribution in [0, 0.1) is 6.92 Å². The summed E-state index contributed by atoms with van der Waals surface area (Å²) in [6.45, 7) is 2.04. The van der Waals surface area contributed by atoms with Crippen molar-refractivity contribution in [3.8, 4) is 5.75 Å². The Kier molecular flexibility index (Phi) is 4.96. The molecule has 1 heterocycles. The molecule has 2 N–H and O–H groups in total. The average Bonchev–Trinajstić information content (AvgIpc) is 2.91. The van der Waals surface area contributed by atoms with Gasteiger partial charge in [0, 0.05) is 0 Å². The predicted molar refractivity (Wildman–Crippen MR) is 97.5 cm³/mol. The van der Waals surface area contributed by atoms with Gasteiger partial charge in [-0.05, 0) is 48.7 Å². The van der Waals surface area contributed by atoms with Crippen LogP contribution < -0.4 is 5.32 Å². The number of phenols is 1. The van der Waals surface area contributed by atoms with E-state index in [-0.39, 0.29) is 16.9 Å². The minimum absolute atomic E-state index is 0.0424. The van der Waals surface area contributed by atoms with Gasteiger partial charge in [-0.25, -0.2) is 0 Å². The van der Waals surface area contributed by atoms with Crippen LogP contribution in [0.1, 0.15) is 16.7 Å². The summed E-state index contributed by atoms with van der Waals surface area (Å²) in [5.41, 5.74) is 3.15. The number of amidine groups is 1. The Morgan fingerprint density at radius 2 is 1.88 bits per heavy atom. The monoisotopic (exact) mass is 339 g/mol. The number of amides is 1. The second-order valence-corrected chi connectivity index (χ2v) is 6.72. The van der Waals surface area contributed by atoms with E-state index in [1.165, 1.54) is 17.3 Å². The largest absolute Gasteiger partial charge is 0.508 e. The second-order valence-electron chi connectivity index (χ2n) is 5.53. The van der Waals surface area contributed by atoms with Crippen LogP contribution in [-0.2, 0) is 11.2 Å². The highest BCUT2D eigenvalue weighted by Gasteiger charge is 2.30. The van der Waals surface area contributed by atoms with Crippen molar-refractivity contribution in [3.05, 3.63) is 65.2 Å². The van der Waals surface area contributed by atoms with Gasteiger partial charge in [0.25, 0.3) is 0 Å². The van der Waals surface area contributed by atoms with Crippen molar-refractivity contribution < 1.29 is 9.90 Å². The zero-order valence-corrected chi connectivity index (χ0v) is 14.0. The van der Waals surface area contributed by atoms with Gasteiger partial charge in [-0.3, -0.25) is 4.79 Å². The first-order valence-electron chi connectivity index (χ1n) is 7.53. The molecule has 0 saturated carbocycles. The molecule has 1 atom stereocenters. The molecule has 1 amide bonds. The fourth-order valence-electron chi connectivity index (χ4n) is 2.23. The summed E-state index contributed by atoms with van der Waals surface area (Å²) in [5.74, 6) is 0.162. The van der Waals surface area contributed by atoms with Crippen molar-refractivity contribution in [2.45, 2.75) is 18.6 Å². The van der Waals surface area contributed by atoms with Crippen molar-refractivity contribution in [2.24, 2.45) is 10.2 Å². The Bertz CT molecular complexity index is 783. The lowest BCUT2D eigenvalue weighted by Gasteiger charge is -2.05. The maximum Gasteiger partial charge on any atom is 0.239 e. The molecular weight excluding hydrogens is 322 g/mol. The number of carbonyl (C=O) groups is 1. The van der Waals surface area contributed by atoms with Gasteiger partial charge in [0.1, 0.15) is 5.75 Å². The molecule has 0 spiro atoms. The highest BCUT2D eigenvalue weighted by Crippen LogP contribution is 2.23. The summed E-state index contributed by atoms with van der Waals surface area (Å²) in [7, 11) is 0. The van der Waals surface area contributed by atoms with Gasteiger partial charge in [0.2, 0.25) is 5.91 Å². The summed E-state index contributed by atoms with van der Waals surface area (Å²) in [6, 6.07) is 14.8.